The Morgan fingerprint density at radius 3 is 2.66 bits per heavy atom. The quantitative estimate of drug-likeness (QED) is 0.619. The number of hydrogen-bond acceptors (Lipinski definition) is 4. The Morgan fingerprint density at radius 2 is 1.97 bits per heavy atom. The lowest BCUT2D eigenvalue weighted by atomic mass is 9.76. The average molecular weight is 409 g/mol. The second kappa shape index (κ2) is 6.71. The van der Waals surface area contributed by atoms with Crippen LogP contribution in [0.4, 0.5) is 10.1 Å². The summed E-state index contributed by atoms with van der Waals surface area (Å²) in [5.41, 5.74) is 3.62. The van der Waals surface area contributed by atoms with Crippen LogP contribution in [0.2, 0.25) is 0 Å². The molecule has 1 spiro atoms. The first kappa shape index (κ1) is 18.4. The van der Waals surface area contributed by atoms with Gasteiger partial charge in [-0.3, -0.25) is 9.48 Å². The van der Waals surface area contributed by atoms with Gasteiger partial charge in [-0.1, -0.05) is 42.3 Å². The Labute approximate surface area is 173 Å². The number of carbonyl (C=O) groups excluding carboxylic acids is 1. The normalized spacial score (nSPS) is 17.6. The molecule has 7 heteroatoms. The van der Waals surface area contributed by atoms with Gasteiger partial charge in [0.2, 0.25) is 5.91 Å². The van der Waals surface area contributed by atoms with Gasteiger partial charge in [0.05, 0.1) is 12.7 Å². The van der Waals surface area contributed by atoms with E-state index in [1.54, 1.807) is 33.8 Å². The maximum Gasteiger partial charge on any atom is 0.240 e. The van der Waals surface area contributed by atoms with Crippen molar-refractivity contribution >= 4 is 23.5 Å². The Hall–Kier alpha value is -2.64. The summed E-state index contributed by atoms with van der Waals surface area (Å²) in [4.78, 5) is 15.1. The minimum atomic E-state index is -0.494. The summed E-state index contributed by atoms with van der Waals surface area (Å²) in [6, 6.07) is 13.1. The van der Waals surface area contributed by atoms with Crippen molar-refractivity contribution in [3.8, 4) is 11.1 Å². The fraction of sp³-hybridized carbons (Fsp3) is 0.273. The van der Waals surface area contributed by atoms with Gasteiger partial charge in [-0.15, -0.1) is 0 Å². The summed E-state index contributed by atoms with van der Waals surface area (Å²) in [6.07, 6.45) is 5.59. The fourth-order valence-corrected chi connectivity index (χ4v) is 5.04. The number of rotatable bonds is 4. The summed E-state index contributed by atoms with van der Waals surface area (Å²) in [7, 11) is 1.83. The Morgan fingerprint density at radius 1 is 1.17 bits per heavy atom. The number of aryl methyl sites for hydroxylation is 1. The summed E-state index contributed by atoms with van der Waals surface area (Å²) in [5, 5.41) is 4.14. The average Bonchev–Trinajstić information content (AvgIpc) is 3.22. The van der Waals surface area contributed by atoms with E-state index in [2.05, 4.69) is 9.40 Å². The molecule has 2 aliphatic heterocycles. The van der Waals surface area contributed by atoms with Crippen molar-refractivity contribution in [1.82, 2.24) is 14.1 Å². The van der Waals surface area contributed by atoms with Crippen molar-refractivity contribution in [2.24, 2.45) is 7.05 Å². The third kappa shape index (κ3) is 2.80. The molecule has 0 aliphatic carbocycles. The van der Waals surface area contributed by atoms with Crippen molar-refractivity contribution in [1.29, 1.82) is 0 Å². The second-order valence-corrected chi connectivity index (χ2v) is 8.56. The molecule has 0 saturated carbocycles. The largest absolute Gasteiger partial charge is 0.307 e. The number of fused-ring (bicyclic) bond motifs is 2. The van der Waals surface area contributed by atoms with Crippen LogP contribution in [0.25, 0.3) is 11.1 Å². The van der Waals surface area contributed by atoms with Crippen LogP contribution in [0.15, 0.2) is 54.9 Å². The smallest absolute Gasteiger partial charge is 0.240 e. The molecule has 3 heterocycles. The molecule has 148 valence electrons. The number of halogens is 1. The van der Waals surface area contributed by atoms with E-state index in [0.29, 0.717) is 18.7 Å². The Bertz CT molecular complexity index is 1110. The molecule has 0 unspecified atom stereocenters. The minimum absolute atomic E-state index is 0.0692. The van der Waals surface area contributed by atoms with Crippen LogP contribution in [0.3, 0.4) is 0 Å². The third-order valence-corrected chi connectivity index (χ3v) is 6.71. The van der Waals surface area contributed by atoms with Crippen molar-refractivity contribution in [2.45, 2.75) is 12.0 Å². The van der Waals surface area contributed by atoms with Gasteiger partial charge in [-0.2, -0.15) is 5.10 Å². The summed E-state index contributed by atoms with van der Waals surface area (Å²) >= 11 is 1.65. The van der Waals surface area contributed by atoms with Crippen molar-refractivity contribution < 1.29 is 9.18 Å². The highest BCUT2D eigenvalue weighted by molar-refractivity contribution is 7.96. The second-order valence-electron chi connectivity index (χ2n) is 7.68. The van der Waals surface area contributed by atoms with Gasteiger partial charge in [0.25, 0.3) is 0 Å². The van der Waals surface area contributed by atoms with E-state index >= 15 is 0 Å². The number of para-hydroxylation sites is 1. The summed E-state index contributed by atoms with van der Waals surface area (Å²) < 4.78 is 18.8. The Kier molecular flexibility index (Phi) is 4.26. The van der Waals surface area contributed by atoms with Crippen LogP contribution < -0.4 is 4.90 Å². The first-order valence-corrected chi connectivity index (χ1v) is 10.7. The number of anilines is 1. The molecule has 3 aromatic rings. The Balaban J connectivity index is 1.46. The van der Waals surface area contributed by atoms with Crippen LogP contribution >= 0.6 is 11.9 Å². The number of aromatic nitrogens is 2. The van der Waals surface area contributed by atoms with Crippen LogP contribution in [-0.4, -0.2) is 39.3 Å². The zero-order valence-electron chi connectivity index (χ0n) is 16.3. The lowest BCUT2D eigenvalue weighted by Gasteiger charge is -2.45. The first-order chi connectivity index (χ1) is 14.0. The number of carbonyl (C=O) groups is 1. The topological polar surface area (TPSA) is 41.4 Å². The van der Waals surface area contributed by atoms with E-state index in [1.807, 2.05) is 49.8 Å². The van der Waals surface area contributed by atoms with Gasteiger partial charge in [-0.05, 0) is 29.5 Å². The third-order valence-electron chi connectivity index (χ3n) is 5.94. The molecular formula is C22H21FN4OS. The molecule has 0 atom stereocenters. The number of hydrogen-bond donors (Lipinski definition) is 0. The standard InChI is InChI=1S/C22H21FN4OS/c1-25-11-17(10-24-25)15-7-8-16(19(23)9-15)12-27-20-6-4-3-5-18(20)22(21(27)28)13-26(14-22)29-2/h3-11H,12-14H2,1-2H3. The SMILES string of the molecule is CSN1CC2(C1)C(=O)N(Cc1ccc(-c3cnn(C)c3)cc1F)c1ccccc12. The zero-order chi connectivity index (χ0) is 20.2. The van der Waals surface area contributed by atoms with Crippen molar-refractivity contribution in [2.75, 3.05) is 24.2 Å². The van der Waals surface area contributed by atoms with Crippen LogP contribution in [-0.2, 0) is 23.8 Å². The molecule has 0 N–H and O–H groups in total. The van der Waals surface area contributed by atoms with Gasteiger partial charge >= 0.3 is 0 Å². The van der Waals surface area contributed by atoms with Crippen molar-refractivity contribution in [3.63, 3.8) is 0 Å². The molecule has 1 fully saturated rings. The van der Waals surface area contributed by atoms with Crippen LogP contribution in [0, 0.1) is 5.82 Å². The van der Waals surface area contributed by atoms with E-state index in [1.165, 1.54) is 6.07 Å². The van der Waals surface area contributed by atoms with E-state index in [4.69, 9.17) is 0 Å². The van der Waals surface area contributed by atoms with Gasteiger partial charge in [0.15, 0.2) is 0 Å². The lowest BCUT2D eigenvalue weighted by molar-refractivity contribution is -0.126. The molecule has 5 rings (SSSR count). The molecule has 1 aromatic heterocycles. The van der Waals surface area contributed by atoms with Crippen LogP contribution in [0.1, 0.15) is 11.1 Å². The predicted molar refractivity (Wildman–Crippen MR) is 113 cm³/mol. The van der Waals surface area contributed by atoms with Gasteiger partial charge in [0.1, 0.15) is 11.2 Å². The maximum atomic E-state index is 14.9. The van der Waals surface area contributed by atoms with Gasteiger partial charge in [-0.25, -0.2) is 8.70 Å². The van der Waals surface area contributed by atoms with Crippen LogP contribution in [0.5, 0.6) is 0 Å². The summed E-state index contributed by atoms with van der Waals surface area (Å²) in [5.74, 6) is -0.239. The highest BCUT2D eigenvalue weighted by Gasteiger charge is 2.57. The van der Waals surface area contributed by atoms with E-state index in [0.717, 1.165) is 22.4 Å². The number of amides is 1. The van der Waals surface area contributed by atoms with E-state index in [9.17, 15) is 9.18 Å². The molecule has 29 heavy (non-hydrogen) atoms. The summed E-state index contributed by atoms with van der Waals surface area (Å²) in [6.45, 7) is 1.63. The van der Waals surface area contributed by atoms with E-state index in [-0.39, 0.29) is 18.3 Å². The minimum Gasteiger partial charge on any atom is -0.307 e. The highest BCUT2D eigenvalue weighted by atomic mass is 32.2. The highest BCUT2D eigenvalue weighted by Crippen LogP contribution is 2.49. The maximum absolute atomic E-state index is 14.9. The molecular weight excluding hydrogens is 387 g/mol. The van der Waals surface area contributed by atoms with Gasteiger partial charge < -0.3 is 4.90 Å². The number of nitrogens with zero attached hydrogens (tertiary/aromatic N) is 4. The first-order valence-electron chi connectivity index (χ1n) is 9.50. The lowest BCUT2D eigenvalue weighted by Crippen LogP contribution is -2.61. The zero-order valence-corrected chi connectivity index (χ0v) is 17.1. The molecule has 0 bridgehead atoms. The van der Waals surface area contributed by atoms with Gasteiger partial charge in [0, 0.05) is 43.1 Å². The van der Waals surface area contributed by atoms with E-state index < -0.39 is 5.41 Å². The fourth-order valence-electron chi connectivity index (χ4n) is 4.34. The molecule has 1 saturated heterocycles. The molecule has 1 amide bonds. The van der Waals surface area contributed by atoms with Crippen molar-refractivity contribution in [3.05, 3.63) is 71.8 Å². The molecule has 2 aliphatic rings. The molecule has 2 aromatic carbocycles. The molecule has 0 radical (unpaired) electrons. The number of benzene rings is 2. The monoisotopic (exact) mass is 408 g/mol. The predicted octanol–water partition coefficient (Wildman–Crippen LogP) is 3.60. The molecule has 5 nitrogen and oxygen atoms in total.